The fourth-order valence-electron chi connectivity index (χ4n) is 2.79. The van der Waals surface area contributed by atoms with Crippen LogP contribution >= 0.6 is 11.6 Å². The van der Waals surface area contributed by atoms with Crippen LogP contribution in [-0.2, 0) is 4.79 Å². The summed E-state index contributed by atoms with van der Waals surface area (Å²) in [5.41, 5.74) is 1.34. The molecule has 3 amide bonds. The first kappa shape index (κ1) is 16.3. The summed E-state index contributed by atoms with van der Waals surface area (Å²) >= 11 is 5.93. The minimum Gasteiger partial charge on any atom is -0.324 e. The zero-order valence-corrected chi connectivity index (χ0v) is 13.8. The van der Waals surface area contributed by atoms with Crippen LogP contribution in [0.5, 0.6) is 0 Å². The van der Waals surface area contributed by atoms with Gasteiger partial charge in [0.05, 0.1) is 0 Å². The van der Waals surface area contributed by atoms with Crippen molar-refractivity contribution in [2.75, 3.05) is 17.2 Å². The van der Waals surface area contributed by atoms with Gasteiger partial charge in [0.1, 0.15) is 6.04 Å². The maximum atomic E-state index is 12.5. The highest BCUT2D eigenvalue weighted by molar-refractivity contribution is 6.30. The van der Waals surface area contributed by atoms with Gasteiger partial charge in [0.15, 0.2) is 0 Å². The number of likely N-dealkylation sites (tertiary alicyclic amines) is 1. The van der Waals surface area contributed by atoms with Crippen molar-refractivity contribution in [1.29, 1.82) is 0 Å². The maximum absolute atomic E-state index is 12.5. The van der Waals surface area contributed by atoms with Gasteiger partial charge in [-0.15, -0.1) is 0 Å². The summed E-state index contributed by atoms with van der Waals surface area (Å²) in [5.74, 6) is -0.167. The summed E-state index contributed by atoms with van der Waals surface area (Å²) in [5, 5.41) is 6.20. The van der Waals surface area contributed by atoms with Crippen LogP contribution in [-0.4, -0.2) is 29.4 Å². The largest absolute Gasteiger partial charge is 0.324 e. The molecule has 5 nitrogen and oxygen atoms in total. The van der Waals surface area contributed by atoms with Crippen molar-refractivity contribution in [3.8, 4) is 0 Å². The molecule has 124 valence electrons. The van der Waals surface area contributed by atoms with Crippen molar-refractivity contribution in [2.24, 2.45) is 0 Å². The summed E-state index contributed by atoms with van der Waals surface area (Å²) in [4.78, 5) is 26.5. The van der Waals surface area contributed by atoms with E-state index in [2.05, 4.69) is 10.6 Å². The molecule has 0 aliphatic carbocycles. The number of nitrogens with zero attached hydrogens (tertiary/aromatic N) is 1. The number of carbonyl (C=O) groups is 2. The van der Waals surface area contributed by atoms with Gasteiger partial charge in [-0.05, 0) is 43.2 Å². The molecule has 2 aromatic rings. The monoisotopic (exact) mass is 343 g/mol. The summed E-state index contributed by atoms with van der Waals surface area (Å²) in [6.07, 6.45) is 1.46. The van der Waals surface area contributed by atoms with E-state index in [4.69, 9.17) is 11.6 Å². The average molecular weight is 344 g/mol. The van der Waals surface area contributed by atoms with Gasteiger partial charge < -0.3 is 15.5 Å². The summed E-state index contributed by atoms with van der Waals surface area (Å²) in [6.45, 7) is 0.555. The maximum Gasteiger partial charge on any atom is 0.322 e. The van der Waals surface area contributed by atoms with Gasteiger partial charge in [0, 0.05) is 22.9 Å². The molecular formula is C18H18ClN3O2. The van der Waals surface area contributed by atoms with Gasteiger partial charge in [-0.3, -0.25) is 4.79 Å². The Morgan fingerprint density at radius 3 is 2.50 bits per heavy atom. The molecular weight excluding hydrogens is 326 g/mol. The molecule has 2 aromatic carbocycles. The molecule has 2 N–H and O–H groups in total. The molecule has 3 rings (SSSR count). The van der Waals surface area contributed by atoms with Gasteiger partial charge in [-0.25, -0.2) is 4.79 Å². The number of hydrogen-bond acceptors (Lipinski definition) is 2. The van der Waals surface area contributed by atoms with Crippen molar-refractivity contribution in [3.63, 3.8) is 0 Å². The van der Waals surface area contributed by atoms with E-state index < -0.39 is 6.04 Å². The van der Waals surface area contributed by atoms with Crippen molar-refractivity contribution >= 4 is 34.9 Å². The van der Waals surface area contributed by atoms with Crippen LogP contribution in [0, 0.1) is 0 Å². The minimum absolute atomic E-state index is 0.167. The van der Waals surface area contributed by atoms with Gasteiger partial charge in [0.25, 0.3) is 0 Å². The third kappa shape index (κ3) is 3.86. The Morgan fingerprint density at radius 1 is 1.00 bits per heavy atom. The molecule has 1 aliphatic rings. The predicted molar refractivity (Wildman–Crippen MR) is 95.3 cm³/mol. The average Bonchev–Trinajstić information content (AvgIpc) is 3.06. The number of para-hydroxylation sites is 1. The second kappa shape index (κ2) is 7.36. The zero-order valence-electron chi connectivity index (χ0n) is 13.0. The number of rotatable bonds is 3. The highest BCUT2D eigenvalue weighted by Crippen LogP contribution is 2.22. The second-order valence-electron chi connectivity index (χ2n) is 5.65. The Kier molecular flexibility index (Phi) is 5.01. The Hall–Kier alpha value is -2.53. The molecule has 24 heavy (non-hydrogen) atoms. The van der Waals surface area contributed by atoms with Crippen molar-refractivity contribution in [3.05, 3.63) is 59.6 Å². The number of nitrogens with one attached hydrogen (secondary N) is 2. The summed E-state index contributed by atoms with van der Waals surface area (Å²) in [6, 6.07) is 15.4. The SMILES string of the molecule is O=C(Nc1ccccc1)[C@@H]1CCCN1C(=O)Nc1cccc(Cl)c1. The van der Waals surface area contributed by atoms with Crippen LogP contribution in [0.2, 0.25) is 5.02 Å². The first-order chi connectivity index (χ1) is 11.6. The number of hydrogen-bond donors (Lipinski definition) is 2. The van der Waals surface area contributed by atoms with E-state index in [9.17, 15) is 9.59 Å². The zero-order chi connectivity index (χ0) is 16.9. The molecule has 1 saturated heterocycles. The second-order valence-corrected chi connectivity index (χ2v) is 6.08. The Labute approximate surface area is 145 Å². The quantitative estimate of drug-likeness (QED) is 0.885. The first-order valence-electron chi connectivity index (χ1n) is 7.82. The number of benzene rings is 2. The van der Waals surface area contributed by atoms with Crippen molar-refractivity contribution in [1.82, 2.24) is 4.90 Å². The predicted octanol–water partition coefficient (Wildman–Crippen LogP) is 3.98. The highest BCUT2D eigenvalue weighted by Gasteiger charge is 2.34. The van der Waals surface area contributed by atoms with E-state index in [0.29, 0.717) is 23.7 Å². The van der Waals surface area contributed by atoms with E-state index in [-0.39, 0.29) is 11.9 Å². The summed E-state index contributed by atoms with van der Waals surface area (Å²) < 4.78 is 0. The number of urea groups is 1. The number of anilines is 2. The van der Waals surface area contributed by atoms with E-state index in [1.807, 2.05) is 30.3 Å². The standard InChI is InChI=1S/C18H18ClN3O2/c19-13-6-4-9-15(12-13)21-18(24)22-11-5-10-16(22)17(23)20-14-7-2-1-3-8-14/h1-4,6-9,12,16H,5,10-11H2,(H,20,23)(H,21,24)/t16-/m0/s1. The molecule has 1 heterocycles. The van der Waals surface area contributed by atoms with Gasteiger partial charge in [-0.2, -0.15) is 0 Å². The van der Waals surface area contributed by atoms with Gasteiger partial charge in [-0.1, -0.05) is 35.9 Å². The number of carbonyl (C=O) groups excluding carboxylic acids is 2. The Bertz CT molecular complexity index is 736. The van der Waals surface area contributed by atoms with Crippen LogP contribution < -0.4 is 10.6 Å². The molecule has 0 radical (unpaired) electrons. The molecule has 0 spiro atoms. The third-order valence-corrected chi connectivity index (χ3v) is 4.17. The fourth-order valence-corrected chi connectivity index (χ4v) is 2.98. The van der Waals surface area contributed by atoms with Crippen molar-refractivity contribution < 1.29 is 9.59 Å². The number of amides is 3. The number of halogens is 1. The van der Waals surface area contributed by atoms with Crippen LogP contribution in [0.15, 0.2) is 54.6 Å². The third-order valence-electron chi connectivity index (χ3n) is 3.93. The normalized spacial score (nSPS) is 16.7. The van der Waals surface area contributed by atoms with E-state index >= 15 is 0 Å². The van der Waals surface area contributed by atoms with Crippen LogP contribution in [0.1, 0.15) is 12.8 Å². The first-order valence-corrected chi connectivity index (χ1v) is 8.20. The lowest BCUT2D eigenvalue weighted by Gasteiger charge is -2.24. The Morgan fingerprint density at radius 2 is 1.75 bits per heavy atom. The highest BCUT2D eigenvalue weighted by atomic mass is 35.5. The van der Waals surface area contributed by atoms with E-state index in [1.165, 1.54) is 0 Å². The molecule has 1 fully saturated rings. The molecule has 1 aliphatic heterocycles. The topological polar surface area (TPSA) is 61.4 Å². The van der Waals surface area contributed by atoms with Crippen LogP contribution in [0.3, 0.4) is 0 Å². The van der Waals surface area contributed by atoms with E-state index in [1.54, 1.807) is 29.2 Å². The molecule has 0 saturated carbocycles. The lowest BCUT2D eigenvalue weighted by Crippen LogP contribution is -2.45. The molecule has 0 bridgehead atoms. The van der Waals surface area contributed by atoms with E-state index in [0.717, 1.165) is 12.1 Å². The molecule has 0 unspecified atom stereocenters. The molecule has 1 atom stereocenters. The smallest absolute Gasteiger partial charge is 0.322 e. The minimum atomic E-state index is -0.468. The van der Waals surface area contributed by atoms with Gasteiger partial charge in [0.2, 0.25) is 5.91 Å². The van der Waals surface area contributed by atoms with Crippen molar-refractivity contribution in [2.45, 2.75) is 18.9 Å². The molecule has 6 heteroatoms. The lowest BCUT2D eigenvalue weighted by atomic mass is 10.2. The van der Waals surface area contributed by atoms with Crippen LogP contribution in [0.4, 0.5) is 16.2 Å². The fraction of sp³-hybridized carbons (Fsp3) is 0.222. The van der Waals surface area contributed by atoms with Gasteiger partial charge >= 0.3 is 6.03 Å². The molecule has 0 aromatic heterocycles. The van der Waals surface area contributed by atoms with Crippen LogP contribution in [0.25, 0.3) is 0 Å². The summed E-state index contributed by atoms with van der Waals surface area (Å²) in [7, 11) is 0. The lowest BCUT2D eigenvalue weighted by molar-refractivity contribution is -0.119. The Balaban J connectivity index is 1.66.